The second-order valence-electron chi connectivity index (χ2n) is 7.85. The first kappa shape index (κ1) is 16.8. The largest absolute Gasteiger partial charge is 0.293 e. The zero-order valence-corrected chi connectivity index (χ0v) is 15.6. The molecule has 0 atom stereocenters. The van der Waals surface area contributed by atoms with Crippen LogP contribution in [0.25, 0.3) is 11.0 Å². The van der Waals surface area contributed by atoms with Crippen LogP contribution in [0.2, 0.25) is 0 Å². The summed E-state index contributed by atoms with van der Waals surface area (Å²) in [5.41, 5.74) is 4.44. The fraction of sp³-hybridized carbons (Fsp3) is 0.455. The summed E-state index contributed by atoms with van der Waals surface area (Å²) in [6.07, 6.45) is 11.4. The summed E-state index contributed by atoms with van der Waals surface area (Å²) in [4.78, 5) is 21.2. The molecule has 0 amide bonds. The summed E-state index contributed by atoms with van der Waals surface area (Å²) < 4.78 is 0. The van der Waals surface area contributed by atoms with Gasteiger partial charge in [-0.15, -0.1) is 0 Å². The average molecular weight is 359 g/mol. The Morgan fingerprint density at radius 3 is 2.85 bits per heavy atom. The van der Waals surface area contributed by atoms with Crippen LogP contribution in [0.5, 0.6) is 0 Å². The fourth-order valence-corrected chi connectivity index (χ4v) is 4.39. The number of aromatic nitrogens is 4. The highest BCUT2D eigenvalue weighted by Crippen LogP contribution is 2.31. The Labute approximate surface area is 159 Å². The maximum Gasteiger partial charge on any atom is 0.159 e. The number of hydrogen-bond acceptors (Lipinski definition) is 5. The normalized spacial score (nSPS) is 18.5. The third-order valence-corrected chi connectivity index (χ3v) is 5.91. The SMILES string of the molecule is c1cnc2nc(CN3CCc4nc(C5CCCCC5)ncc4C3)ccc2c1. The van der Waals surface area contributed by atoms with Gasteiger partial charge in [-0.25, -0.2) is 19.9 Å². The van der Waals surface area contributed by atoms with Crippen LogP contribution in [0.1, 0.15) is 60.8 Å². The molecule has 1 fully saturated rings. The predicted octanol–water partition coefficient (Wildman–Crippen LogP) is 4.03. The van der Waals surface area contributed by atoms with Gasteiger partial charge in [-0.3, -0.25) is 4.90 Å². The van der Waals surface area contributed by atoms with Crippen LogP contribution in [-0.4, -0.2) is 31.4 Å². The summed E-state index contributed by atoms with van der Waals surface area (Å²) in [6, 6.07) is 8.23. The molecule has 1 aliphatic heterocycles. The molecule has 0 unspecified atom stereocenters. The molecule has 27 heavy (non-hydrogen) atoms. The summed E-state index contributed by atoms with van der Waals surface area (Å²) >= 11 is 0. The molecule has 0 spiro atoms. The average Bonchev–Trinajstić information content (AvgIpc) is 2.74. The van der Waals surface area contributed by atoms with E-state index in [0.29, 0.717) is 5.92 Å². The van der Waals surface area contributed by atoms with Gasteiger partial charge in [0.25, 0.3) is 0 Å². The van der Waals surface area contributed by atoms with E-state index in [-0.39, 0.29) is 0 Å². The van der Waals surface area contributed by atoms with Gasteiger partial charge in [0.15, 0.2) is 5.65 Å². The number of pyridine rings is 2. The van der Waals surface area contributed by atoms with Crippen LogP contribution in [0.4, 0.5) is 0 Å². The van der Waals surface area contributed by atoms with Gasteiger partial charge in [-0.05, 0) is 37.1 Å². The first-order valence-corrected chi connectivity index (χ1v) is 10.1. The van der Waals surface area contributed by atoms with Gasteiger partial charge in [-0.1, -0.05) is 19.3 Å². The van der Waals surface area contributed by atoms with Gasteiger partial charge in [0, 0.05) is 61.0 Å². The van der Waals surface area contributed by atoms with Crippen LogP contribution >= 0.6 is 0 Å². The van der Waals surface area contributed by atoms with Crippen LogP contribution in [-0.2, 0) is 19.5 Å². The Morgan fingerprint density at radius 2 is 1.93 bits per heavy atom. The molecule has 5 heteroatoms. The maximum absolute atomic E-state index is 4.96. The van der Waals surface area contributed by atoms with E-state index < -0.39 is 0 Å². The van der Waals surface area contributed by atoms with Crippen molar-refractivity contribution in [1.29, 1.82) is 0 Å². The molecule has 5 nitrogen and oxygen atoms in total. The molecule has 0 radical (unpaired) electrons. The predicted molar refractivity (Wildman–Crippen MR) is 105 cm³/mol. The number of rotatable bonds is 3. The molecule has 0 aromatic carbocycles. The first-order valence-electron chi connectivity index (χ1n) is 10.1. The van der Waals surface area contributed by atoms with E-state index >= 15 is 0 Å². The van der Waals surface area contributed by atoms with Crippen molar-refractivity contribution in [3.05, 3.63) is 59.4 Å². The summed E-state index contributed by atoms with van der Waals surface area (Å²) in [6.45, 7) is 2.77. The van der Waals surface area contributed by atoms with Gasteiger partial charge in [0.1, 0.15) is 5.82 Å². The van der Waals surface area contributed by atoms with Crippen molar-refractivity contribution in [3.63, 3.8) is 0 Å². The minimum Gasteiger partial charge on any atom is -0.293 e. The third kappa shape index (κ3) is 3.56. The van der Waals surface area contributed by atoms with E-state index in [1.807, 2.05) is 6.07 Å². The monoisotopic (exact) mass is 359 g/mol. The van der Waals surface area contributed by atoms with E-state index in [4.69, 9.17) is 15.0 Å². The number of hydrogen-bond donors (Lipinski definition) is 0. The lowest BCUT2D eigenvalue weighted by Crippen LogP contribution is -2.31. The van der Waals surface area contributed by atoms with E-state index in [2.05, 4.69) is 34.3 Å². The lowest BCUT2D eigenvalue weighted by Gasteiger charge is -2.28. The third-order valence-electron chi connectivity index (χ3n) is 5.91. The quantitative estimate of drug-likeness (QED) is 0.707. The van der Waals surface area contributed by atoms with Crippen molar-refractivity contribution in [1.82, 2.24) is 24.8 Å². The second kappa shape index (κ2) is 7.31. The molecule has 3 aromatic heterocycles. The van der Waals surface area contributed by atoms with E-state index in [0.717, 1.165) is 48.6 Å². The molecule has 4 heterocycles. The lowest BCUT2D eigenvalue weighted by atomic mass is 9.88. The molecule has 0 N–H and O–H groups in total. The highest BCUT2D eigenvalue weighted by molar-refractivity contribution is 5.74. The van der Waals surface area contributed by atoms with Crippen LogP contribution in [0.3, 0.4) is 0 Å². The van der Waals surface area contributed by atoms with Gasteiger partial charge in [-0.2, -0.15) is 0 Å². The van der Waals surface area contributed by atoms with Crippen molar-refractivity contribution >= 4 is 11.0 Å². The summed E-state index contributed by atoms with van der Waals surface area (Å²) in [5, 5.41) is 1.09. The smallest absolute Gasteiger partial charge is 0.159 e. The topological polar surface area (TPSA) is 54.8 Å². The molecule has 1 saturated carbocycles. The molecule has 1 aliphatic carbocycles. The van der Waals surface area contributed by atoms with Gasteiger partial charge in [0.05, 0.1) is 5.69 Å². The minimum absolute atomic E-state index is 0.580. The van der Waals surface area contributed by atoms with E-state index in [1.54, 1.807) is 6.20 Å². The van der Waals surface area contributed by atoms with Crippen molar-refractivity contribution in [2.75, 3.05) is 6.54 Å². The van der Waals surface area contributed by atoms with Crippen LogP contribution in [0, 0.1) is 0 Å². The molecule has 5 rings (SSSR count). The van der Waals surface area contributed by atoms with Crippen LogP contribution < -0.4 is 0 Å². The van der Waals surface area contributed by atoms with E-state index in [1.165, 1.54) is 43.4 Å². The molecule has 0 saturated heterocycles. The molecule has 3 aromatic rings. The Hall–Kier alpha value is -2.40. The molecule has 2 aliphatic rings. The van der Waals surface area contributed by atoms with Crippen molar-refractivity contribution in [2.24, 2.45) is 0 Å². The first-order chi connectivity index (χ1) is 13.3. The van der Waals surface area contributed by atoms with Gasteiger partial charge in [0.2, 0.25) is 0 Å². The maximum atomic E-state index is 4.96. The Bertz CT molecular complexity index is 948. The highest BCUT2D eigenvalue weighted by Gasteiger charge is 2.23. The zero-order chi connectivity index (χ0) is 18.1. The number of fused-ring (bicyclic) bond motifs is 2. The number of nitrogens with zero attached hydrogens (tertiary/aromatic N) is 5. The molecular weight excluding hydrogens is 334 g/mol. The standard InChI is InChI=1S/C22H25N5/c1-2-5-16(6-3-1)22-24-13-18-14-27(12-10-20(18)26-22)15-19-9-8-17-7-4-11-23-21(17)25-19/h4,7-9,11,13,16H,1-3,5-6,10,12,14-15H2. The van der Waals surface area contributed by atoms with Crippen molar-refractivity contribution < 1.29 is 0 Å². The zero-order valence-electron chi connectivity index (χ0n) is 15.6. The van der Waals surface area contributed by atoms with Gasteiger partial charge < -0.3 is 0 Å². The fourth-order valence-electron chi connectivity index (χ4n) is 4.39. The minimum atomic E-state index is 0.580. The summed E-state index contributed by atoms with van der Waals surface area (Å²) in [5.74, 6) is 1.67. The molecule has 0 bridgehead atoms. The Balaban J connectivity index is 1.30. The van der Waals surface area contributed by atoms with Crippen molar-refractivity contribution in [2.45, 2.75) is 57.5 Å². The molecular formula is C22H25N5. The Morgan fingerprint density at radius 1 is 1.00 bits per heavy atom. The van der Waals surface area contributed by atoms with Gasteiger partial charge >= 0.3 is 0 Å². The van der Waals surface area contributed by atoms with Crippen LogP contribution in [0.15, 0.2) is 36.7 Å². The highest BCUT2D eigenvalue weighted by atomic mass is 15.1. The second-order valence-corrected chi connectivity index (χ2v) is 7.85. The molecule has 138 valence electrons. The van der Waals surface area contributed by atoms with Crippen molar-refractivity contribution in [3.8, 4) is 0 Å². The van der Waals surface area contributed by atoms with E-state index in [9.17, 15) is 0 Å². The summed E-state index contributed by atoms with van der Waals surface area (Å²) in [7, 11) is 0. The lowest BCUT2D eigenvalue weighted by molar-refractivity contribution is 0.239. The Kier molecular flexibility index (Phi) is 4.54.